The van der Waals surface area contributed by atoms with E-state index in [1.165, 1.54) is 11.1 Å². The summed E-state index contributed by atoms with van der Waals surface area (Å²) in [6, 6.07) is 8.50. The van der Waals surface area contributed by atoms with Gasteiger partial charge in [-0.1, -0.05) is 30.8 Å². The molecule has 82 valence electrons. The minimum absolute atomic E-state index is 0.663. The summed E-state index contributed by atoms with van der Waals surface area (Å²) in [6.07, 6.45) is 0.866. The van der Waals surface area contributed by atoms with E-state index in [2.05, 4.69) is 49.8 Å². The van der Waals surface area contributed by atoms with Crippen LogP contribution in [0, 0.1) is 0 Å². The van der Waals surface area contributed by atoms with Crippen LogP contribution in [-0.4, -0.2) is 25.5 Å². The van der Waals surface area contributed by atoms with Crippen molar-refractivity contribution >= 4 is 5.57 Å². The lowest BCUT2D eigenvalue weighted by molar-refractivity contribution is 0.402. The van der Waals surface area contributed by atoms with Crippen molar-refractivity contribution in [3.63, 3.8) is 0 Å². The smallest absolute Gasteiger partial charge is 0.0227 e. The fraction of sp³-hybridized carbons (Fsp3) is 0.385. The van der Waals surface area contributed by atoms with Crippen LogP contribution in [0.3, 0.4) is 0 Å². The number of rotatable bonds is 5. The van der Waals surface area contributed by atoms with Crippen molar-refractivity contribution in [1.82, 2.24) is 4.90 Å². The summed E-state index contributed by atoms with van der Waals surface area (Å²) in [6.45, 7) is 5.67. The standard InChI is InChI=1S/C13H20N2/c1-11(7-8-14)13-6-4-5-12(9-13)10-15(2)3/h4-6,9H,1,7-8,10,14H2,2-3H3. The molecule has 0 aliphatic heterocycles. The second kappa shape index (κ2) is 5.69. The average Bonchev–Trinajstić information content (AvgIpc) is 2.17. The Hall–Kier alpha value is -1.12. The van der Waals surface area contributed by atoms with Gasteiger partial charge in [0.2, 0.25) is 0 Å². The first kappa shape index (κ1) is 12.0. The monoisotopic (exact) mass is 204 g/mol. The molecular formula is C13H20N2. The van der Waals surface area contributed by atoms with E-state index in [1.54, 1.807) is 0 Å². The van der Waals surface area contributed by atoms with E-state index in [1.807, 2.05) is 0 Å². The topological polar surface area (TPSA) is 29.3 Å². The van der Waals surface area contributed by atoms with Crippen molar-refractivity contribution < 1.29 is 0 Å². The highest BCUT2D eigenvalue weighted by atomic mass is 15.0. The predicted molar refractivity (Wildman–Crippen MR) is 66.5 cm³/mol. The Morgan fingerprint density at radius 2 is 2.13 bits per heavy atom. The SMILES string of the molecule is C=C(CCN)c1cccc(CN(C)C)c1. The van der Waals surface area contributed by atoms with Crippen LogP contribution in [0.1, 0.15) is 17.5 Å². The normalized spacial score (nSPS) is 10.7. The fourth-order valence-electron chi connectivity index (χ4n) is 1.57. The van der Waals surface area contributed by atoms with E-state index in [4.69, 9.17) is 5.73 Å². The Balaban J connectivity index is 2.78. The van der Waals surface area contributed by atoms with Crippen LogP contribution in [0.15, 0.2) is 30.8 Å². The summed E-state index contributed by atoms with van der Waals surface area (Å²) in [5.41, 5.74) is 9.16. The van der Waals surface area contributed by atoms with Gasteiger partial charge in [0.25, 0.3) is 0 Å². The third-order valence-electron chi connectivity index (χ3n) is 2.28. The Kier molecular flexibility index (Phi) is 4.53. The second-order valence-electron chi connectivity index (χ2n) is 4.08. The first-order chi connectivity index (χ1) is 7.13. The van der Waals surface area contributed by atoms with E-state index in [0.717, 1.165) is 18.5 Å². The number of benzene rings is 1. The molecule has 15 heavy (non-hydrogen) atoms. The van der Waals surface area contributed by atoms with Crippen LogP contribution >= 0.6 is 0 Å². The molecule has 1 aromatic carbocycles. The Morgan fingerprint density at radius 3 is 2.73 bits per heavy atom. The molecule has 0 aliphatic rings. The molecule has 0 aliphatic carbocycles. The van der Waals surface area contributed by atoms with E-state index in [0.29, 0.717) is 6.54 Å². The number of nitrogens with two attached hydrogens (primary N) is 1. The van der Waals surface area contributed by atoms with E-state index in [9.17, 15) is 0 Å². The van der Waals surface area contributed by atoms with Crippen LogP contribution in [-0.2, 0) is 6.54 Å². The lowest BCUT2D eigenvalue weighted by Gasteiger charge is -2.11. The van der Waals surface area contributed by atoms with Crippen LogP contribution < -0.4 is 5.73 Å². The van der Waals surface area contributed by atoms with Gasteiger partial charge in [0.05, 0.1) is 0 Å². The second-order valence-corrected chi connectivity index (χ2v) is 4.08. The molecule has 0 heterocycles. The summed E-state index contributed by atoms with van der Waals surface area (Å²) in [7, 11) is 4.14. The largest absolute Gasteiger partial charge is 0.330 e. The van der Waals surface area contributed by atoms with Crippen molar-refractivity contribution in [2.45, 2.75) is 13.0 Å². The maximum absolute atomic E-state index is 5.52. The maximum atomic E-state index is 5.52. The minimum atomic E-state index is 0.663. The zero-order chi connectivity index (χ0) is 11.3. The molecule has 0 amide bonds. The lowest BCUT2D eigenvalue weighted by atomic mass is 10.0. The summed E-state index contributed by atoms with van der Waals surface area (Å²) < 4.78 is 0. The molecule has 0 spiro atoms. The third kappa shape index (κ3) is 3.86. The Morgan fingerprint density at radius 1 is 1.40 bits per heavy atom. The zero-order valence-electron chi connectivity index (χ0n) is 9.66. The molecular weight excluding hydrogens is 184 g/mol. The van der Waals surface area contributed by atoms with Gasteiger partial charge in [0.15, 0.2) is 0 Å². The highest BCUT2D eigenvalue weighted by molar-refractivity contribution is 5.63. The molecule has 1 rings (SSSR count). The fourth-order valence-corrected chi connectivity index (χ4v) is 1.57. The van der Waals surface area contributed by atoms with Crippen LogP contribution in [0.2, 0.25) is 0 Å². The van der Waals surface area contributed by atoms with Gasteiger partial charge in [0, 0.05) is 6.54 Å². The van der Waals surface area contributed by atoms with Crippen molar-refractivity contribution in [2.24, 2.45) is 5.73 Å². The summed E-state index contributed by atoms with van der Waals surface area (Å²) in [4.78, 5) is 2.16. The van der Waals surface area contributed by atoms with E-state index < -0.39 is 0 Å². The number of nitrogens with zero attached hydrogens (tertiary/aromatic N) is 1. The third-order valence-corrected chi connectivity index (χ3v) is 2.28. The van der Waals surface area contributed by atoms with Crippen molar-refractivity contribution in [2.75, 3.05) is 20.6 Å². The van der Waals surface area contributed by atoms with Gasteiger partial charge in [-0.3, -0.25) is 0 Å². The van der Waals surface area contributed by atoms with Gasteiger partial charge in [-0.15, -0.1) is 0 Å². The van der Waals surface area contributed by atoms with E-state index >= 15 is 0 Å². The molecule has 0 atom stereocenters. The minimum Gasteiger partial charge on any atom is -0.330 e. The van der Waals surface area contributed by atoms with Crippen molar-refractivity contribution in [3.05, 3.63) is 42.0 Å². The summed E-state index contributed by atoms with van der Waals surface area (Å²) in [5.74, 6) is 0. The van der Waals surface area contributed by atoms with Gasteiger partial charge < -0.3 is 10.6 Å². The first-order valence-corrected chi connectivity index (χ1v) is 5.25. The van der Waals surface area contributed by atoms with Crippen LogP contribution in [0.4, 0.5) is 0 Å². The molecule has 2 nitrogen and oxygen atoms in total. The maximum Gasteiger partial charge on any atom is 0.0227 e. The molecule has 2 heteroatoms. The number of hydrogen-bond donors (Lipinski definition) is 1. The molecule has 0 fully saturated rings. The van der Waals surface area contributed by atoms with Gasteiger partial charge in [-0.05, 0) is 43.8 Å². The average molecular weight is 204 g/mol. The Labute approximate surface area is 92.4 Å². The molecule has 0 radical (unpaired) electrons. The predicted octanol–water partition coefficient (Wildman–Crippen LogP) is 2.11. The molecule has 0 aromatic heterocycles. The number of hydrogen-bond acceptors (Lipinski definition) is 2. The molecule has 0 saturated carbocycles. The van der Waals surface area contributed by atoms with Crippen molar-refractivity contribution in [1.29, 1.82) is 0 Å². The molecule has 0 saturated heterocycles. The highest BCUT2D eigenvalue weighted by Gasteiger charge is 2.00. The zero-order valence-corrected chi connectivity index (χ0v) is 9.66. The van der Waals surface area contributed by atoms with Gasteiger partial charge in [-0.25, -0.2) is 0 Å². The summed E-state index contributed by atoms with van der Waals surface area (Å²) in [5, 5.41) is 0. The van der Waals surface area contributed by atoms with Gasteiger partial charge >= 0.3 is 0 Å². The highest BCUT2D eigenvalue weighted by Crippen LogP contribution is 2.17. The quantitative estimate of drug-likeness (QED) is 0.796. The molecule has 1 aromatic rings. The molecule has 0 bridgehead atoms. The van der Waals surface area contributed by atoms with Gasteiger partial charge in [0.1, 0.15) is 0 Å². The summed E-state index contributed by atoms with van der Waals surface area (Å²) >= 11 is 0. The Bertz CT molecular complexity index is 329. The van der Waals surface area contributed by atoms with E-state index in [-0.39, 0.29) is 0 Å². The van der Waals surface area contributed by atoms with Crippen LogP contribution in [0.25, 0.3) is 5.57 Å². The van der Waals surface area contributed by atoms with Crippen LogP contribution in [0.5, 0.6) is 0 Å². The lowest BCUT2D eigenvalue weighted by Crippen LogP contribution is -2.10. The molecule has 0 unspecified atom stereocenters. The van der Waals surface area contributed by atoms with Crippen molar-refractivity contribution in [3.8, 4) is 0 Å². The van der Waals surface area contributed by atoms with Gasteiger partial charge in [-0.2, -0.15) is 0 Å². The first-order valence-electron chi connectivity index (χ1n) is 5.25. The molecule has 2 N–H and O–H groups in total.